The van der Waals surface area contributed by atoms with Gasteiger partial charge in [-0.25, -0.2) is 0 Å². The molecule has 0 aliphatic carbocycles. The number of hydrogen-bond donors (Lipinski definition) is 0. The fraction of sp³-hybridized carbons (Fsp3) is 0.0556. The Morgan fingerprint density at radius 3 is 2.16 bits per heavy atom. The van der Waals surface area contributed by atoms with Crippen molar-refractivity contribution in [2.24, 2.45) is 0 Å². The van der Waals surface area contributed by atoms with Gasteiger partial charge in [-0.15, -0.1) is 0 Å². The molecule has 19 heavy (non-hydrogen) atoms. The van der Waals surface area contributed by atoms with Crippen LogP contribution in [0.1, 0.15) is 5.56 Å². The van der Waals surface area contributed by atoms with Crippen molar-refractivity contribution in [2.45, 2.75) is 6.92 Å². The van der Waals surface area contributed by atoms with Gasteiger partial charge >= 0.3 is 0 Å². The Balaban J connectivity index is 2.03. The normalized spacial score (nSPS) is 10.4. The van der Waals surface area contributed by atoms with E-state index in [0.29, 0.717) is 0 Å². The zero-order valence-corrected chi connectivity index (χ0v) is 10.9. The molecule has 0 N–H and O–H groups in total. The van der Waals surface area contributed by atoms with Crippen molar-refractivity contribution in [3.05, 3.63) is 78.5 Å². The van der Waals surface area contributed by atoms with Crippen LogP contribution >= 0.6 is 0 Å². The van der Waals surface area contributed by atoms with Crippen molar-refractivity contribution < 1.29 is 0 Å². The first-order valence-corrected chi connectivity index (χ1v) is 6.41. The molecule has 0 unspecified atom stereocenters. The third kappa shape index (κ3) is 2.55. The third-order valence-electron chi connectivity index (χ3n) is 3.18. The summed E-state index contributed by atoms with van der Waals surface area (Å²) in [6.07, 6.45) is 1.91. The number of rotatable bonds is 2. The molecule has 0 aliphatic rings. The molecule has 0 radical (unpaired) electrons. The minimum absolute atomic E-state index is 1.02. The van der Waals surface area contributed by atoms with Crippen molar-refractivity contribution >= 4 is 0 Å². The molecule has 3 rings (SSSR count). The highest BCUT2D eigenvalue weighted by Gasteiger charge is 2.02. The van der Waals surface area contributed by atoms with Gasteiger partial charge < -0.3 is 0 Å². The first-order chi connectivity index (χ1) is 9.33. The number of aromatic nitrogens is 1. The van der Waals surface area contributed by atoms with Crippen molar-refractivity contribution in [3.63, 3.8) is 0 Å². The van der Waals surface area contributed by atoms with E-state index < -0.39 is 0 Å². The third-order valence-corrected chi connectivity index (χ3v) is 3.18. The first kappa shape index (κ1) is 11.7. The fourth-order valence-electron chi connectivity index (χ4n) is 2.13. The van der Waals surface area contributed by atoms with Crippen LogP contribution in [0.4, 0.5) is 0 Å². The molecule has 1 nitrogen and oxygen atoms in total. The Morgan fingerprint density at radius 2 is 1.42 bits per heavy atom. The van der Waals surface area contributed by atoms with Crippen LogP contribution in [0.5, 0.6) is 0 Å². The smallest absolute Gasteiger partial charge is 0.0702 e. The summed E-state index contributed by atoms with van der Waals surface area (Å²) in [6.45, 7) is 2.05. The van der Waals surface area contributed by atoms with Crippen LogP contribution < -0.4 is 0 Å². The summed E-state index contributed by atoms with van der Waals surface area (Å²) in [5.41, 5.74) is 5.81. The van der Waals surface area contributed by atoms with E-state index in [1.807, 2.05) is 12.3 Å². The molecule has 1 heteroatoms. The predicted molar refractivity (Wildman–Crippen MR) is 79.8 cm³/mol. The second-order valence-corrected chi connectivity index (χ2v) is 4.67. The van der Waals surface area contributed by atoms with E-state index in [4.69, 9.17) is 0 Å². The Bertz CT molecular complexity index is 670. The number of nitrogens with zero attached hydrogens (tertiary/aromatic N) is 1. The number of hydrogen-bond acceptors (Lipinski definition) is 1. The molecule has 3 aromatic rings. The lowest BCUT2D eigenvalue weighted by Crippen LogP contribution is -1.85. The van der Waals surface area contributed by atoms with E-state index in [1.165, 1.54) is 16.7 Å². The molecule has 0 saturated heterocycles. The largest absolute Gasteiger partial charge is 0.256 e. The Morgan fingerprint density at radius 1 is 0.684 bits per heavy atom. The van der Waals surface area contributed by atoms with Gasteiger partial charge in [0.25, 0.3) is 0 Å². The second-order valence-electron chi connectivity index (χ2n) is 4.67. The van der Waals surface area contributed by atoms with E-state index in [2.05, 4.69) is 72.6 Å². The second kappa shape index (κ2) is 5.07. The minimum atomic E-state index is 1.02. The molecule has 2 aromatic carbocycles. The van der Waals surface area contributed by atoms with Gasteiger partial charge in [-0.2, -0.15) is 0 Å². The lowest BCUT2D eigenvalue weighted by atomic mass is 10.0. The summed E-state index contributed by atoms with van der Waals surface area (Å²) >= 11 is 0. The highest BCUT2D eigenvalue weighted by Crippen LogP contribution is 2.25. The maximum atomic E-state index is 4.48. The van der Waals surface area contributed by atoms with Gasteiger partial charge in [-0.3, -0.25) is 4.98 Å². The Hall–Kier alpha value is -2.41. The number of aryl methyl sites for hydroxylation is 1. The van der Waals surface area contributed by atoms with E-state index in [9.17, 15) is 0 Å². The van der Waals surface area contributed by atoms with Crippen LogP contribution in [0, 0.1) is 6.92 Å². The van der Waals surface area contributed by atoms with E-state index in [0.717, 1.165) is 11.3 Å². The average molecular weight is 245 g/mol. The van der Waals surface area contributed by atoms with Crippen LogP contribution in [0.25, 0.3) is 22.4 Å². The molecule has 0 atom stereocenters. The molecule has 0 aliphatic heterocycles. The molecule has 0 saturated carbocycles. The fourth-order valence-corrected chi connectivity index (χ4v) is 2.13. The molecule has 1 aromatic heterocycles. The van der Waals surface area contributed by atoms with Gasteiger partial charge in [0.05, 0.1) is 5.69 Å². The highest BCUT2D eigenvalue weighted by atomic mass is 14.7. The maximum Gasteiger partial charge on any atom is 0.0702 e. The molecular weight excluding hydrogens is 230 g/mol. The molecule has 0 spiro atoms. The van der Waals surface area contributed by atoms with Gasteiger partial charge in [0.15, 0.2) is 0 Å². The van der Waals surface area contributed by atoms with Crippen LogP contribution in [0.2, 0.25) is 0 Å². The molecule has 0 fully saturated rings. The van der Waals surface area contributed by atoms with Crippen molar-refractivity contribution in [1.82, 2.24) is 4.98 Å². The minimum Gasteiger partial charge on any atom is -0.256 e. The van der Waals surface area contributed by atoms with Crippen LogP contribution in [-0.2, 0) is 0 Å². The summed E-state index contributed by atoms with van der Waals surface area (Å²) in [7, 11) is 0. The molecule has 0 amide bonds. The Labute approximate surface area is 113 Å². The summed E-state index contributed by atoms with van der Waals surface area (Å²) < 4.78 is 0. The van der Waals surface area contributed by atoms with Crippen LogP contribution in [0.15, 0.2) is 72.9 Å². The molecule has 92 valence electrons. The topological polar surface area (TPSA) is 12.9 Å². The van der Waals surface area contributed by atoms with E-state index in [-0.39, 0.29) is 0 Å². The maximum absolute atomic E-state index is 4.48. The highest BCUT2D eigenvalue weighted by molar-refractivity contribution is 5.71. The van der Waals surface area contributed by atoms with Gasteiger partial charge in [0.2, 0.25) is 0 Å². The summed E-state index contributed by atoms with van der Waals surface area (Å²) in [6, 6.07) is 23.1. The van der Waals surface area contributed by atoms with Crippen molar-refractivity contribution in [2.75, 3.05) is 0 Å². The molecule has 0 bridgehead atoms. The van der Waals surface area contributed by atoms with Gasteiger partial charge in [-0.1, -0.05) is 54.6 Å². The standard InChI is InChI=1S/C18H15N/c1-14-10-11-18(19-13-14)17-9-5-8-16(12-17)15-6-3-2-4-7-15/h2-13H,1H3. The van der Waals surface area contributed by atoms with E-state index in [1.54, 1.807) is 0 Å². The summed E-state index contributed by atoms with van der Waals surface area (Å²) in [4.78, 5) is 4.48. The first-order valence-electron chi connectivity index (χ1n) is 6.41. The zero-order valence-electron chi connectivity index (χ0n) is 10.9. The zero-order chi connectivity index (χ0) is 13.1. The van der Waals surface area contributed by atoms with E-state index >= 15 is 0 Å². The quantitative estimate of drug-likeness (QED) is 0.636. The van der Waals surface area contributed by atoms with Crippen molar-refractivity contribution in [3.8, 4) is 22.4 Å². The number of benzene rings is 2. The monoisotopic (exact) mass is 245 g/mol. The average Bonchev–Trinajstić information content (AvgIpc) is 2.49. The Kier molecular flexibility index (Phi) is 3.11. The lowest BCUT2D eigenvalue weighted by Gasteiger charge is -2.05. The molecule has 1 heterocycles. The summed E-state index contributed by atoms with van der Waals surface area (Å²) in [5.74, 6) is 0. The van der Waals surface area contributed by atoms with Crippen molar-refractivity contribution in [1.29, 1.82) is 0 Å². The van der Waals surface area contributed by atoms with Gasteiger partial charge in [0, 0.05) is 11.8 Å². The van der Waals surface area contributed by atoms with Gasteiger partial charge in [-0.05, 0) is 35.7 Å². The molecular formula is C18H15N. The number of pyridine rings is 1. The van der Waals surface area contributed by atoms with Gasteiger partial charge in [0.1, 0.15) is 0 Å². The van der Waals surface area contributed by atoms with Crippen LogP contribution in [0.3, 0.4) is 0 Å². The lowest BCUT2D eigenvalue weighted by molar-refractivity contribution is 1.27. The van der Waals surface area contributed by atoms with Crippen LogP contribution in [-0.4, -0.2) is 4.98 Å². The predicted octanol–water partition coefficient (Wildman–Crippen LogP) is 4.72. The summed E-state index contributed by atoms with van der Waals surface area (Å²) in [5, 5.41) is 0. The SMILES string of the molecule is Cc1ccc(-c2cccc(-c3ccccc3)c2)nc1.